The zero-order chi connectivity index (χ0) is 12.6. The number of ether oxygens (including phenoxy) is 1. The lowest BCUT2D eigenvalue weighted by atomic mass is 9.82. The van der Waals surface area contributed by atoms with E-state index in [-0.39, 0.29) is 11.7 Å². The van der Waals surface area contributed by atoms with Crippen LogP contribution in [0.5, 0.6) is 0 Å². The number of hydrogen-bond donors (Lipinski definition) is 1. The summed E-state index contributed by atoms with van der Waals surface area (Å²) in [5, 5.41) is 3.73. The van der Waals surface area contributed by atoms with Crippen molar-refractivity contribution in [3.63, 3.8) is 0 Å². The van der Waals surface area contributed by atoms with E-state index in [9.17, 15) is 0 Å². The highest BCUT2D eigenvalue weighted by molar-refractivity contribution is 5.33. The van der Waals surface area contributed by atoms with Crippen LogP contribution in [0.3, 0.4) is 0 Å². The number of rotatable bonds is 2. The smallest absolute Gasteiger partial charge is 0.0988 e. The fourth-order valence-corrected chi connectivity index (χ4v) is 3.37. The molecule has 0 spiro atoms. The van der Waals surface area contributed by atoms with Gasteiger partial charge in [0.1, 0.15) is 0 Å². The minimum atomic E-state index is 0.0334. The van der Waals surface area contributed by atoms with Crippen LogP contribution in [0, 0.1) is 0 Å². The first-order valence-corrected chi connectivity index (χ1v) is 7.27. The quantitative estimate of drug-likeness (QED) is 0.864. The molecule has 1 aromatic carbocycles. The van der Waals surface area contributed by atoms with Crippen LogP contribution in [-0.2, 0) is 11.2 Å². The van der Waals surface area contributed by atoms with Crippen LogP contribution >= 0.6 is 0 Å². The maximum absolute atomic E-state index is 6.54. The maximum Gasteiger partial charge on any atom is 0.0988 e. The summed E-state index contributed by atoms with van der Waals surface area (Å²) in [4.78, 5) is 0. The Balaban J connectivity index is 1.93. The average molecular weight is 245 g/mol. The van der Waals surface area contributed by atoms with Crippen LogP contribution in [0.1, 0.15) is 50.3 Å². The predicted molar refractivity (Wildman–Crippen MR) is 73.7 cm³/mol. The molecule has 0 amide bonds. The highest BCUT2D eigenvalue weighted by atomic mass is 16.5. The molecule has 1 heterocycles. The third-order valence-electron chi connectivity index (χ3n) is 4.80. The van der Waals surface area contributed by atoms with Gasteiger partial charge in [-0.3, -0.25) is 0 Å². The van der Waals surface area contributed by atoms with Gasteiger partial charge in [-0.25, -0.2) is 0 Å². The van der Waals surface area contributed by atoms with Crippen molar-refractivity contribution in [2.24, 2.45) is 0 Å². The highest BCUT2D eigenvalue weighted by Gasteiger charge is 2.41. The molecule has 3 rings (SSSR count). The number of hydrogen-bond acceptors (Lipinski definition) is 2. The Hall–Kier alpha value is -0.860. The molecule has 18 heavy (non-hydrogen) atoms. The van der Waals surface area contributed by atoms with E-state index in [2.05, 4.69) is 43.4 Å². The highest BCUT2D eigenvalue weighted by Crippen LogP contribution is 2.40. The first-order valence-electron chi connectivity index (χ1n) is 7.27. The van der Waals surface area contributed by atoms with Gasteiger partial charge in [0, 0.05) is 12.6 Å². The number of benzene rings is 1. The molecule has 0 radical (unpaired) electrons. The van der Waals surface area contributed by atoms with Gasteiger partial charge >= 0.3 is 0 Å². The van der Waals surface area contributed by atoms with Crippen molar-refractivity contribution in [2.45, 2.75) is 57.3 Å². The Morgan fingerprint density at radius 2 is 2.06 bits per heavy atom. The topological polar surface area (TPSA) is 21.3 Å². The summed E-state index contributed by atoms with van der Waals surface area (Å²) in [6.45, 7) is 5.48. The zero-order valence-corrected chi connectivity index (χ0v) is 11.4. The molecule has 2 atom stereocenters. The minimum Gasteiger partial charge on any atom is -0.364 e. The van der Waals surface area contributed by atoms with Gasteiger partial charge in [-0.05, 0) is 36.8 Å². The van der Waals surface area contributed by atoms with E-state index >= 15 is 0 Å². The molecule has 1 aliphatic carbocycles. The predicted octanol–water partition coefficient (Wildman–Crippen LogP) is 3.22. The second-order valence-electron chi connectivity index (χ2n) is 5.65. The molecule has 2 aliphatic rings. The summed E-state index contributed by atoms with van der Waals surface area (Å²) in [5.41, 5.74) is 2.92. The molecule has 1 N–H and O–H groups in total. The lowest BCUT2D eigenvalue weighted by Crippen LogP contribution is -2.56. The lowest BCUT2D eigenvalue weighted by molar-refractivity contribution is -0.145. The summed E-state index contributed by atoms with van der Waals surface area (Å²) in [6.07, 6.45) is 4.80. The number of fused-ring (bicyclic) bond motifs is 3. The Kier molecular flexibility index (Phi) is 3.16. The normalized spacial score (nSPS) is 29.4. The Morgan fingerprint density at radius 1 is 1.28 bits per heavy atom. The van der Waals surface area contributed by atoms with Gasteiger partial charge in [0.05, 0.1) is 11.7 Å². The van der Waals surface area contributed by atoms with E-state index in [0.717, 1.165) is 19.4 Å². The minimum absolute atomic E-state index is 0.0334. The molecule has 1 saturated heterocycles. The van der Waals surface area contributed by atoms with E-state index < -0.39 is 0 Å². The van der Waals surface area contributed by atoms with E-state index in [4.69, 9.17) is 4.74 Å². The van der Waals surface area contributed by atoms with Gasteiger partial charge in [-0.1, -0.05) is 38.1 Å². The van der Waals surface area contributed by atoms with Gasteiger partial charge in [0.25, 0.3) is 0 Å². The molecule has 0 saturated carbocycles. The van der Waals surface area contributed by atoms with Crippen LogP contribution < -0.4 is 5.32 Å². The van der Waals surface area contributed by atoms with Crippen molar-refractivity contribution >= 4 is 0 Å². The third-order valence-corrected chi connectivity index (χ3v) is 4.80. The van der Waals surface area contributed by atoms with Crippen LogP contribution in [0.2, 0.25) is 0 Å². The van der Waals surface area contributed by atoms with Gasteiger partial charge in [0.15, 0.2) is 0 Å². The van der Waals surface area contributed by atoms with Crippen molar-refractivity contribution in [3.8, 4) is 0 Å². The fraction of sp³-hybridized carbons (Fsp3) is 0.625. The molecular formula is C16H23NO. The summed E-state index contributed by atoms with van der Waals surface area (Å²) in [5.74, 6) is 0. The number of nitrogens with one attached hydrogen (secondary N) is 1. The molecule has 1 fully saturated rings. The summed E-state index contributed by atoms with van der Waals surface area (Å²) in [6, 6.07) is 9.28. The second-order valence-corrected chi connectivity index (χ2v) is 5.65. The summed E-state index contributed by atoms with van der Waals surface area (Å²) in [7, 11) is 0. The Bertz CT molecular complexity index is 425. The molecule has 2 nitrogen and oxygen atoms in total. The molecular weight excluding hydrogens is 222 g/mol. The average Bonchev–Trinajstić information content (AvgIpc) is 2.46. The van der Waals surface area contributed by atoms with E-state index in [1.165, 1.54) is 24.0 Å². The molecule has 0 bridgehead atoms. The lowest BCUT2D eigenvalue weighted by Gasteiger charge is -2.47. The Morgan fingerprint density at radius 3 is 2.83 bits per heavy atom. The third kappa shape index (κ3) is 1.88. The fourth-order valence-electron chi connectivity index (χ4n) is 3.37. The molecule has 1 aromatic rings. The van der Waals surface area contributed by atoms with Gasteiger partial charge in [-0.2, -0.15) is 0 Å². The molecule has 1 aliphatic heterocycles. The van der Waals surface area contributed by atoms with Gasteiger partial charge < -0.3 is 10.1 Å². The van der Waals surface area contributed by atoms with Crippen molar-refractivity contribution in [3.05, 3.63) is 35.4 Å². The van der Waals surface area contributed by atoms with Gasteiger partial charge in [-0.15, -0.1) is 0 Å². The van der Waals surface area contributed by atoms with Crippen molar-refractivity contribution in [1.29, 1.82) is 0 Å². The largest absolute Gasteiger partial charge is 0.364 e. The first-order chi connectivity index (χ1) is 8.78. The first kappa shape index (κ1) is 12.2. The van der Waals surface area contributed by atoms with Crippen molar-refractivity contribution in [2.75, 3.05) is 6.54 Å². The summed E-state index contributed by atoms with van der Waals surface area (Å²) < 4.78 is 6.54. The van der Waals surface area contributed by atoms with Crippen LogP contribution in [0.25, 0.3) is 0 Å². The second kappa shape index (κ2) is 4.67. The van der Waals surface area contributed by atoms with Crippen molar-refractivity contribution < 1.29 is 4.74 Å². The molecule has 2 heteroatoms. The maximum atomic E-state index is 6.54. The number of aryl methyl sites for hydroxylation is 1. The van der Waals surface area contributed by atoms with Crippen molar-refractivity contribution in [1.82, 2.24) is 5.32 Å². The van der Waals surface area contributed by atoms with E-state index in [1.807, 2.05) is 0 Å². The standard InChI is InChI=1S/C16H23NO/c1-3-16(4-2)11-17-14-10-9-12-7-5-6-8-13(12)15(14)18-16/h5-8,14-15,17H,3-4,9-11H2,1-2H3. The zero-order valence-electron chi connectivity index (χ0n) is 11.4. The summed E-state index contributed by atoms with van der Waals surface area (Å²) >= 11 is 0. The number of morpholine rings is 1. The molecule has 98 valence electrons. The SMILES string of the molecule is CCC1(CC)CNC2CCc3ccccc3C2O1. The molecule has 0 aromatic heterocycles. The monoisotopic (exact) mass is 245 g/mol. The van der Waals surface area contributed by atoms with Crippen LogP contribution in [-0.4, -0.2) is 18.2 Å². The molecule has 2 unspecified atom stereocenters. The van der Waals surface area contributed by atoms with Crippen LogP contribution in [0.4, 0.5) is 0 Å². The Labute approximate surface area is 110 Å². The van der Waals surface area contributed by atoms with Gasteiger partial charge in [0.2, 0.25) is 0 Å². The van der Waals surface area contributed by atoms with E-state index in [0.29, 0.717) is 6.04 Å². The van der Waals surface area contributed by atoms with Crippen LogP contribution in [0.15, 0.2) is 24.3 Å². The van der Waals surface area contributed by atoms with E-state index in [1.54, 1.807) is 0 Å².